The lowest BCUT2D eigenvalue weighted by Gasteiger charge is -2.30. The van der Waals surface area contributed by atoms with Crippen LogP contribution in [0.1, 0.15) is 30.8 Å². The third-order valence-corrected chi connectivity index (χ3v) is 8.73. The Kier molecular flexibility index (Phi) is 9.03. The Labute approximate surface area is 244 Å². The summed E-state index contributed by atoms with van der Waals surface area (Å²) < 4.78 is 33.6. The number of alkyl carbamates (subject to hydrolysis) is 1. The zero-order valence-electron chi connectivity index (χ0n) is 23.2. The van der Waals surface area contributed by atoms with E-state index in [-0.39, 0.29) is 23.4 Å². The Bertz CT molecular complexity index is 1650. The monoisotopic (exact) mass is 588 g/mol. The quantitative estimate of drug-likeness (QED) is 0.234. The third-order valence-electron chi connectivity index (χ3n) is 6.55. The number of sulfone groups is 1. The predicted octanol–water partition coefficient (Wildman–Crippen LogP) is 4.10. The molecule has 1 atom stereocenters. The number of carbonyl (C=O) groups is 2. The smallest absolute Gasteiger partial charge is 0.408 e. The highest BCUT2D eigenvalue weighted by atomic mass is 32.2. The third kappa shape index (κ3) is 7.17. The van der Waals surface area contributed by atoms with Gasteiger partial charge in [0.25, 0.3) is 0 Å². The van der Waals surface area contributed by atoms with Crippen molar-refractivity contribution < 1.29 is 27.9 Å². The molecule has 0 fully saturated rings. The molecule has 218 valence electrons. The molecule has 4 aromatic rings. The topological polar surface area (TPSA) is 162 Å². The van der Waals surface area contributed by atoms with Crippen LogP contribution in [0.3, 0.4) is 0 Å². The predicted molar refractivity (Wildman–Crippen MR) is 157 cm³/mol. The largest absolute Gasteiger partial charge is 0.480 e. The number of hydrogen-bond acceptors (Lipinski definition) is 8. The van der Waals surface area contributed by atoms with Crippen LogP contribution in [0.15, 0.2) is 102 Å². The standard InChI is InChI=1S/C31H32N4O6S/c1-30(2,41-29(38)34-21-28(36)37)19-25-10-6-12-27(35-25)31(32,42(39,40)26-11-7-17-33-20-26)18-22-13-15-24(16-14-22)23-8-4-3-5-9-23/h3-17,20H,18-19,21,32H2,1-2H3,(H,34,38)(H,36,37). The first-order valence-corrected chi connectivity index (χ1v) is 14.6. The molecule has 4 N–H and O–H groups in total. The lowest BCUT2D eigenvalue weighted by molar-refractivity contribution is -0.136. The first-order chi connectivity index (χ1) is 19.9. The minimum atomic E-state index is -4.21. The molecule has 4 rings (SSSR count). The van der Waals surface area contributed by atoms with Gasteiger partial charge in [0.05, 0.1) is 10.6 Å². The molecule has 0 bridgehead atoms. The van der Waals surface area contributed by atoms with Gasteiger partial charge in [0.2, 0.25) is 9.84 Å². The van der Waals surface area contributed by atoms with Gasteiger partial charge in [0.15, 0.2) is 4.87 Å². The molecule has 1 amide bonds. The number of amides is 1. The molecule has 2 aromatic heterocycles. The van der Waals surface area contributed by atoms with E-state index in [9.17, 15) is 18.0 Å². The van der Waals surface area contributed by atoms with Crippen LogP contribution in [0.5, 0.6) is 0 Å². The van der Waals surface area contributed by atoms with E-state index < -0.39 is 38.9 Å². The highest BCUT2D eigenvalue weighted by Gasteiger charge is 2.44. The lowest BCUT2D eigenvalue weighted by Crippen LogP contribution is -2.47. The van der Waals surface area contributed by atoms with Crippen LogP contribution < -0.4 is 11.1 Å². The highest BCUT2D eigenvalue weighted by Crippen LogP contribution is 2.34. The van der Waals surface area contributed by atoms with Gasteiger partial charge >= 0.3 is 12.1 Å². The molecule has 0 aliphatic rings. The number of hydrogen-bond donors (Lipinski definition) is 3. The number of carboxylic acid groups (broad SMARTS) is 1. The first kappa shape index (κ1) is 30.4. The fraction of sp³-hybridized carbons (Fsp3) is 0.226. The summed E-state index contributed by atoms with van der Waals surface area (Å²) >= 11 is 0. The number of nitrogens with two attached hydrogens (primary N) is 1. The zero-order chi connectivity index (χ0) is 30.4. The number of nitrogens with one attached hydrogen (secondary N) is 1. The molecular weight excluding hydrogens is 556 g/mol. The van der Waals surface area contributed by atoms with Crippen molar-refractivity contribution in [3.63, 3.8) is 0 Å². The molecule has 0 spiro atoms. The van der Waals surface area contributed by atoms with Crippen molar-refractivity contribution in [2.75, 3.05) is 6.54 Å². The molecule has 0 aliphatic heterocycles. The summed E-state index contributed by atoms with van der Waals surface area (Å²) in [5, 5.41) is 10.9. The van der Waals surface area contributed by atoms with Crippen LogP contribution in [0.25, 0.3) is 11.1 Å². The Morgan fingerprint density at radius 2 is 1.60 bits per heavy atom. The second-order valence-corrected chi connectivity index (χ2v) is 12.6. The van der Waals surface area contributed by atoms with E-state index in [0.29, 0.717) is 11.3 Å². The zero-order valence-corrected chi connectivity index (χ0v) is 24.0. The summed E-state index contributed by atoms with van der Waals surface area (Å²) in [6.45, 7) is 2.69. The van der Waals surface area contributed by atoms with Crippen LogP contribution in [0.2, 0.25) is 0 Å². The van der Waals surface area contributed by atoms with E-state index in [1.54, 1.807) is 32.0 Å². The van der Waals surface area contributed by atoms with E-state index in [4.69, 9.17) is 15.6 Å². The number of rotatable bonds is 11. The number of benzene rings is 2. The molecule has 2 heterocycles. The van der Waals surface area contributed by atoms with Crippen LogP contribution in [-0.4, -0.2) is 47.7 Å². The maximum absolute atomic E-state index is 14.1. The fourth-order valence-corrected chi connectivity index (χ4v) is 6.13. The number of pyridine rings is 2. The summed E-state index contributed by atoms with van der Waals surface area (Å²) in [6, 6.07) is 25.2. The fourth-order valence-electron chi connectivity index (χ4n) is 4.51. The molecule has 0 aliphatic carbocycles. The lowest BCUT2D eigenvalue weighted by atomic mass is 9.98. The summed E-state index contributed by atoms with van der Waals surface area (Å²) in [5.41, 5.74) is 9.01. The highest BCUT2D eigenvalue weighted by molar-refractivity contribution is 7.92. The van der Waals surface area contributed by atoms with Crippen molar-refractivity contribution in [3.05, 3.63) is 114 Å². The summed E-state index contributed by atoms with van der Waals surface area (Å²) in [7, 11) is -4.21. The van der Waals surface area contributed by atoms with Crippen LogP contribution >= 0.6 is 0 Å². The van der Waals surface area contributed by atoms with Crippen LogP contribution in [-0.2, 0) is 37.1 Å². The normalized spacial score (nSPS) is 13.1. The molecule has 42 heavy (non-hydrogen) atoms. The average Bonchev–Trinajstić information content (AvgIpc) is 2.97. The first-order valence-electron chi connectivity index (χ1n) is 13.1. The Hall–Kier alpha value is -4.61. The Balaban J connectivity index is 1.68. The van der Waals surface area contributed by atoms with E-state index >= 15 is 0 Å². The Morgan fingerprint density at radius 3 is 2.24 bits per heavy atom. The molecule has 0 saturated carbocycles. The van der Waals surface area contributed by atoms with E-state index in [2.05, 4.69) is 15.3 Å². The number of carboxylic acids is 1. The average molecular weight is 589 g/mol. The van der Waals surface area contributed by atoms with Crippen molar-refractivity contribution in [1.29, 1.82) is 0 Å². The van der Waals surface area contributed by atoms with E-state index in [0.717, 1.165) is 11.1 Å². The second-order valence-electron chi connectivity index (χ2n) is 10.4. The van der Waals surface area contributed by atoms with Gasteiger partial charge in [-0.1, -0.05) is 60.7 Å². The minimum absolute atomic E-state index is 0.0422. The minimum Gasteiger partial charge on any atom is -0.480 e. The molecular formula is C31H32N4O6S. The van der Waals surface area contributed by atoms with Crippen LogP contribution in [0.4, 0.5) is 4.79 Å². The van der Waals surface area contributed by atoms with Gasteiger partial charge in [-0.25, -0.2) is 13.2 Å². The number of nitrogens with zero attached hydrogens (tertiary/aromatic N) is 2. The van der Waals surface area contributed by atoms with Crippen molar-refractivity contribution in [1.82, 2.24) is 15.3 Å². The SMILES string of the molecule is CC(C)(Cc1cccc(C(N)(Cc2ccc(-c3ccccc3)cc2)S(=O)(=O)c2cccnc2)n1)OC(=O)NCC(=O)O. The van der Waals surface area contributed by atoms with Gasteiger partial charge in [-0.2, -0.15) is 0 Å². The Morgan fingerprint density at radius 1 is 0.905 bits per heavy atom. The van der Waals surface area contributed by atoms with E-state index in [1.807, 2.05) is 54.6 Å². The van der Waals surface area contributed by atoms with Gasteiger partial charge in [-0.05, 0) is 54.8 Å². The van der Waals surface area contributed by atoms with Gasteiger partial charge in [-0.15, -0.1) is 0 Å². The van der Waals surface area contributed by atoms with Gasteiger partial charge in [0.1, 0.15) is 12.1 Å². The van der Waals surface area contributed by atoms with Crippen molar-refractivity contribution in [2.24, 2.45) is 5.73 Å². The molecule has 0 saturated heterocycles. The van der Waals surface area contributed by atoms with Crippen molar-refractivity contribution in [3.8, 4) is 11.1 Å². The number of aliphatic carboxylic acids is 1. The van der Waals surface area contributed by atoms with Gasteiger partial charge in [-0.3, -0.25) is 14.8 Å². The molecule has 1 unspecified atom stereocenters. The molecule has 2 aromatic carbocycles. The molecule has 0 radical (unpaired) electrons. The number of aromatic nitrogens is 2. The van der Waals surface area contributed by atoms with Crippen molar-refractivity contribution >= 4 is 21.9 Å². The summed E-state index contributed by atoms with van der Waals surface area (Å²) in [5.74, 6) is -1.21. The number of ether oxygens (including phenoxy) is 1. The summed E-state index contributed by atoms with van der Waals surface area (Å²) in [4.78, 5) is 29.4. The maximum Gasteiger partial charge on any atom is 0.408 e. The number of carbonyl (C=O) groups excluding carboxylic acids is 1. The summed E-state index contributed by atoms with van der Waals surface area (Å²) in [6.07, 6.45) is 1.87. The van der Waals surface area contributed by atoms with E-state index in [1.165, 1.54) is 24.5 Å². The molecule has 11 heteroatoms. The molecule has 10 nitrogen and oxygen atoms in total. The van der Waals surface area contributed by atoms with Crippen molar-refractivity contribution in [2.45, 2.75) is 42.1 Å². The second kappa shape index (κ2) is 12.5. The van der Waals surface area contributed by atoms with Gasteiger partial charge < -0.3 is 20.9 Å². The van der Waals surface area contributed by atoms with Gasteiger partial charge in [0, 0.05) is 30.9 Å². The maximum atomic E-state index is 14.1. The van der Waals surface area contributed by atoms with Crippen LogP contribution in [0, 0.1) is 0 Å².